The molecule has 0 atom stereocenters. The lowest BCUT2D eigenvalue weighted by Crippen LogP contribution is -2.31. The SMILES string of the molecule is [2H]C([2H])([2H])c1c[n+](C)c(-c2c(C)cc(C([2H])([2H])[2H])c3c2oc2ncc4ccccc4c23)cc1-c1ccccc1. The zero-order valence-corrected chi connectivity index (χ0v) is 18.3. The lowest BCUT2D eigenvalue weighted by molar-refractivity contribution is -0.660. The number of furan rings is 1. The molecule has 0 spiro atoms. The van der Waals surface area contributed by atoms with Crippen LogP contribution in [-0.4, -0.2) is 4.98 Å². The molecule has 0 saturated heterocycles. The van der Waals surface area contributed by atoms with Crippen molar-refractivity contribution in [3.63, 3.8) is 0 Å². The number of benzene rings is 3. The third-order valence-electron chi connectivity index (χ3n) is 6.31. The summed E-state index contributed by atoms with van der Waals surface area (Å²) in [6, 6.07) is 20.6. The first kappa shape index (κ1) is 14.2. The Kier molecular flexibility index (Phi) is 3.14. The molecule has 6 aromatic rings. The maximum atomic E-state index is 8.34. The van der Waals surface area contributed by atoms with Gasteiger partial charge in [-0.05, 0) is 48.3 Å². The summed E-state index contributed by atoms with van der Waals surface area (Å²) in [5.41, 5.74) is 4.63. The van der Waals surface area contributed by atoms with Gasteiger partial charge in [-0.1, -0.05) is 60.7 Å². The molecule has 0 aliphatic carbocycles. The summed E-state index contributed by atoms with van der Waals surface area (Å²) in [4.78, 5) is 4.54. The Balaban J connectivity index is 1.77. The van der Waals surface area contributed by atoms with Gasteiger partial charge in [0.05, 0.1) is 10.9 Å². The molecule has 0 N–H and O–H groups in total. The van der Waals surface area contributed by atoms with Crippen molar-refractivity contribution < 1.29 is 17.2 Å². The van der Waals surface area contributed by atoms with E-state index in [1.54, 1.807) is 30.1 Å². The van der Waals surface area contributed by atoms with E-state index < -0.39 is 13.7 Å². The number of pyridine rings is 2. The largest absolute Gasteiger partial charge is 0.437 e. The monoisotopic (exact) mass is 435 g/mol. The van der Waals surface area contributed by atoms with Gasteiger partial charge in [0, 0.05) is 36.8 Å². The van der Waals surface area contributed by atoms with E-state index in [-0.39, 0.29) is 11.1 Å². The van der Waals surface area contributed by atoms with E-state index in [0.717, 1.165) is 16.3 Å². The first-order valence-electron chi connectivity index (χ1n) is 13.8. The van der Waals surface area contributed by atoms with E-state index in [0.29, 0.717) is 44.5 Å². The first-order valence-corrected chi connectivity index (χ1v) is 10.8. The van der Waals surface area contributed by atoms with Crippen molar-refractivity contribution >= 4 is 32.8 Å². The number of hydrogen-bond acceptors (Lipinski definition) is 2. The molecule has 3 heterocycles. The van der Waals surface area contributed by atoms with E-state index in [1.165, 1.54) is 0 Å². The van der Waals surface area contributed by atoms with Crippen molar-refractivity contribution in [3.05, 3.63) is 95.8 Å². The standard InChI is InChI=1S/C30H25N2O/c1-18-14-19(2)27-28-23-13-9-8-12-22(23)16-31-30(28)33-29(27)26(18)25-15-24(20(3)17-32(25)4)21-10-6-5-7-11-21/h5-17H,1-4H3/q+1/i2D3,3D3. The van der Waals surface area contributed by atoms with Crippen molar-refractivity contribution in [2.45, 2.75) is 20.6 Å². The molecule has 0 amide bonds. The van der Waals surface area contributed by atoms with Gasteiger partial charge < -0.3 is 4.42 Å². The second-order valence-corrected chi connectivity index (χ2v) is 8.41. The summed E-state index contributed by atoms with van der Waals surface area (Å²) >= 11 is 0. The molecule has 0 fully saturated rings. The van der Waals surface area contributed by atoms with Gasteiger partial charge in [-0.2, -0.15) is 0 Å². The first-order chi connectivity index (χ1) is 18.4. The van der Waals surface area contributed by atoms with Crippen LogP contribution in [0.3, 0.4) is 0 Å². The second-order valence-electron chi connectivity index (χ2n) is 8.41. The van der Waals surface area contributed by atoms with Gasteiger partial charge in [-0.25, -0.2) is 9.55 Å². The quantitative estimate of drug-likeness (QED) is 0.269. The predicted molar refractivity (Wildman–Crippen MR) is 135 cm³/mol. The number of hydrogen-bond donors (Lipinski definition) is 0. The number of nitrogens with zero attached hydrogens (tertiary/aromatic N) is 2. The Morgan fingerprint density at radius 2 is 1.67 bits per heavy atom. The number of fused-ring (bicyclic) bond motifs is 5. The smallest absolute Gasteiger partial charge is 0.227 e. The van der Waals surface area contributed by atoms with E-state index >= 15 is 0 Å². The minimum Gasteiger partial charge on any atom is -0.437 e. The molecular formula is C30H25N2O+. The Morgan fingerprint density at radius 3 is 2.48 bits per heavy atom. The van der Waals surface area contributed by atoms with Gasteiger partial charge in [0.1, 0.15) is 7.05 Å². The highest BCUT2D eigenvalue weighted by atomic mass is 16.3. The molecule has 0 unspecified atom stereocenters. The molecule has 33 heavy (non-hydrogen) atoms. The summed E-state index contributed by atoms with van der Waals surface area (Å²) in [6.07, 6.45) is 3.35. The zero-order valence-electron chi connectivity index (χ0n) is 24.3. The summed E-state index contributed by atoms with van der Waals surface area (Å²) in [7, 11) is 1.79. The van der Waals surface area contributed by atoms with Crippen LogP contribution in [-0.2, 0) is 7.05 Å². The Bertz CT molecular complexity index is 1900. The maximum absolute atomic E-state index is 8.34. The van der Waals surface area contributed by atoms with E-state index in [4.69, 9.17) is 12.6 Å². The highest BCUT2D eigenvalue weighted by Crippen LogP contribution is 2.41. The third kappa shape index (κ3) is 2.96. The fraction of sp³-hybridized carbons (Fsp3) is 0.133. The minimum atomic E-state index is -2.39. The van der Waals surface area contributed by atoms with Crippen LogP contribution in [0.15, 0.2) is 83.5 Å². The summed E-state index contributed by atoms with van der Waals surface area (Å²) in [5, 5.41) is 2.88. The number of rotatable bonds is 2. The summed E-state index contributed by atoms with van der Waals surface area (Å²) in [6.45, 7) is -2.88. The fourth-order valence-electron chi connectivity index (χ4n) is 4.77. The normalized spacial score (nSPS) is 15.1. The van der Waals surface area contributed by atoms with Gasteiger partial charge in [0.2, 0.25) is 11.4 Å². The lowest BCUT2D eigenvalue weighted by atomic mass is 9.93. The average molecular weight is 436 g/mol. The van der Waals surface area contributed by atoms with Crippen molar-refractivity contribution in [3.8, 4) is 22.4 Å². The van der Waals surface area contributed by atoms with Crippen molar-refractivity contribution in [2.24, 2.45) is 7.05 Å². The Hall–Kier alpha value is -3.98. The molecule has 0 saturated carbocycles. The van der Waals surface area contributed by atoms with Gasteiger partial charge >= 0.3 is 0 Å². The molecule has 3 aromatic carbocycles. The van der Waals surface area contributed by atoms with Crippen LogP contribution in [0.4, 0.5) is 0 Å². The Morgan fingerprint density at radius 1 is 0.879 bits per heavy atom. The second kappa shape index (κ2) is 7.28. The molecule has 6 rings (SSSR count). The van der Waals surface area contributed by atoms with Crippen LogP contribution in [0.1, 0.15) is 24.9 Å². The van der Waals surface area contributed by atoms with Crippen LogP contribution in [0.5, 0.6) is 0 Å². The number of aromatic nitrogens is 2. The lowest BCUT2D eigenvalue weighted by Gasteiger charge is -2.11. The molecule has 0 bridgehead atoms. The average Bonchev–Trinajstić information content (AvgIpc) is 3.27. The Labute approximate surface area is 201 Å². The highest BCUT2D eigenvalue weighted by Gasteiger charge is 2.25. The molecule has 3 nitrogen and oxygen atoms in total. The van der Waals surface area contributed by atoms with E-state index in [2.05, 4.69) is 4.98 Å². The maximum Gasteiger partial charge on any atom is 0.227 e. The van der Waals surface area contributed by atoms with Crippen LogP contribution < -0.4 is 4.57 Å². The fourth-order valence-corrected chi connectivity index (χ4v) is 4.77. The van der Waals surface area contributed by atoms with E-state index in [1.807, 2.05) is 67.6 Å². The highest BCUT2D eigenvalue weighted by molar-refractivity contribution is 6.20. The van der Waals surface area contributed by atoms with Crippen molar-refractivity contribution in [1.29, 1.82) is 0 Å². The van der Waals surface area contributed by atoms with Crippen LogP contribution in [0.2, 0.25) is 0 Å². The summed E-state index contributed by atoms with van der Waals surface area (Å²) < 4.78 is 57.7. The molecule has 0 aliphatic rings. The van der Waals surface area contributed by atoms with Crippen molar-refractivity contribution in [2.75, 3.05) is 0 Å². The van der Waals surface area contributed by atoms with Crippen LogP contribution in [0.25, 0.3) is 55.2 Å². The predicted octanol–water partition coefficient (Wildman–Crippen LogP) is 7.22. The molecule has 0 aliphatic heterocycles. The minimum absolute atomic E-state index is 0.195. The van der Waals surface area contributed by atoms with Gasteiger partial charge in [0.15, 0.2) is 11.8 Å². The molecule has 3 aromatic heterocycles. The number of aryl methyl sites for hydroxylation is 4. The van der Waals surface area contributed by atoms with E-state index in [9.17, 15) is 0 Å². The topological polar surface area (TPSA) is 29.9 Å². The van der Waals surface area contributed by atoms with Crippen LogP contribution >= 0.6 is 0 Å². The van der Waals surface area contributed by atoms with Gasteiger partial charge in [-0.15, -0.1) is 0 Å². The van der Waals surface area contributed by atoms with Crippen molar-refractivity contribution in [1.82, 2.24) is 4.98 Å². The molecule has 0 radical (unpaired) electrons. The zero-order chi connectivity index (χ0) is 27.7. The summed E-state index contributed by atoms with van der Waals surface area (Å²) in [5.74, 6) is 0. The van der Waals surface area contributed by atoms with Crippen LogP contribution in [0, 0.1) is 20.6 Å². The molecular weight excluding hydrogens is 404 g/mol. The van der Waals surface area contributed by atoms with Gasteiger partial charge in [-0.3, -0.25) is 0 Å². The molecule has 3 heteroatoms. The van der Waals surface area contributed by atoms with Gasteiger partial charge in [0.25, 0.3) is 0 Å². The molecule has 160 valence electrons. The third-order valence-corrected chi connectivity index (χ3v) is 6.31.